The molecule has 0 saturated heterocycles. The Bertz CT molecular complexity index is 341. The molecule has 0 saturated carbocycles. The zero-order chi connectivity index (χ0) is 10.6. The van der Waals surface area contributed by atoms with Gasteiger partial charge in [-0.2, -0.15) is 0 Å². The maximum Gasteiger partial charge on any atom is 0.144 e. The van der Waals surface area contributed by atoms with Crippen LogP contribution >= 0.6 is 11.6 Å². The summed E-state index contributed by atoms with van der Waals surface area (Å²) in [6.45, 7) is 0. The Kier molecular flexibility index (Phi) is 3.72. The smallest absolute Gasteiger partial charge is 0.144 e. The predicted molar refractivity (Wildman–Crippen MR) is 59.2 cm³/mol. The Morgan fingerprint density at radius 1 is 1.29 bits per heavy atom. The molecule has 0 bridgehead atoms. The summed E-state index contributed by atoms with van der Waals surface area (Å²) in [5.74, 6) is 0. The standard InChI is InChI=1S/C11H12ClNO/c1-13(2)11(7-8-14)9-3-5-10(12)6-4-9/h3-8H,1-2H3/b11-7-. The highest BCUT2D eigenvalue weighted by Crippen LogP contribution is 2.18. The van der Waals surface area contributed by atoms with Crippen molar-refractivity contribution in [1.29, 1.82) is 0 Å². The number of nitrogens with zero attached hydrogens (tertiary/aromatic N) is 1. The summed E-state index contributed by atoms with van der Waals surface area (Å²) in [6, 6.07) is 7.38. The number of hydrogen-bond donors (Lipinski definition) is 0. The first-order valence-electron chi connectivity index (χ1n) is 4.24. The van der Waals surface area contributed by atoms with E-state index in [1.165, 1.54) is 6.08 Å². The van der Waals surface area contributed by atoms with Gasteiger partial charge in [0, 0.05) is 30.9 Å². The molecule has 1 rings (SSSR count). The van der Waals surface area contributed by atoms with Crippen molar-refractivity contribution in [2.75, 3.05) is 14.1 Å². The maximum absolute atomic E-state index is 10.4. The van der Waals surface area contributed by atoms with E-state index in [2.05, 4.69) is 0 Å². The van der Waals surface area contributed by atoms with Crippen molar-refractivity contribution < 1.29 is 4.79 Å². The van der Waals surface area contributed by atoms with Crippen LogP contribution in [-0.4, -0.2) is 25.3 Å². The number of aldehydes is 1. The molecule has 0 unspecified atom stereocenters. The lowest BCUT2D eigenvalue weighted by molar-refractivity contribution is -0.104. The lowest BCUT2D eigenvalue weighted by atomic mass is 10.1. The number of allylic oxidation sites excluding steroid dienone is 1. The van der Waals surface area contributed by atoms with Crippen LogP contribution in [0.25, 0.3) is 5.70 Å². The average Bonchev–Trinajstić information content (AvgIpc) is 2.15. The van der Waals surface area contributed by atoms with E-state index in [1.807, 2.05) is 31.1 Å². The van der Waals surface area contributed by atoms with Gasteiger partial charge in [0.15, 0.2) is 0 Å². The second-order valence-electron chi connectivity index (χ2n) is 3.09. The van der Waals surface area contributed by atoms with E-state index in [0.29, 0.717) is 5.02 Å². The van der Waals surface area contributed by atoms with Crippen LogP contribution in [0.1, 0.15) is 5.56 Å². The van der Waals surface area contributed by atoms with Crippen molar-refractivity contribution in [3.8, 4) is 0 Å². The molecule has 0 aromatic heterocycles. The number of halogens is 1. The van der Waals surface area contributed by atoms with Gasteiger partial charge < -0.3 is 4.90 Å². The first-order valence-corrected chi connectivity index (χ1v) is 4.61. The number of carbonyl (C=O) groups is 1. The van der Waals surface area contributed by atoms with Gasteiger partial charge in [-0.15, -0.1) is 0 Å². The molecule has 0 atom stereocenters. The topological polar surface area (TPSA) is 20.3 Å². The fourth-order valence-corrected chi connectivity index (χ4v) is 1.31. The Hall–Kier alpha value is -1.28. The minimum Gasteiger partial charge on any atom is -0.377 e. The zero-order valence-corrected chi connectivity index (χ0v) is 8.95. The third-order valence-corrected chi connectivity index (χ3v) is 2.10. The Labute approximate surface area is 88.8 Å². The van der Waals surface area contributed by atoms with Crippen LogP contribution in [-0.2, 0) is 4.79 Å². The molecule has 0 amide bonds. The van der Waals surface area contributed by atoms with Crippen LogP contribution in [0.5, 0.6) is 0 Å². The second kappa shape index (κ2) is 4.82. The van der Waals surface area contributed by atoms with Gasteiger partial charge in [0.05, 0.1) is 0 Å². The largest absolute Gasteiger partial charge is 0.377 e. The highest BCUT2D eigenvalue weighted by Gasteiger charge is 2.02. The Morgan fingerprint density at radius 2 is 1.86 bits per heavy atom. The van der Waals surface area contributed by atoms with E-state index < -0.39 is 0 Å². The molecular formula is C11H12ClNO. The molecule has 0 fully saturated rings. The minimum atomic E-state index is 0.693. The Balaban J connectivity index is 3.06. The molecule has 0 heterocycles. The van der Waals surface area contributed by atoms with Crippen LogP contribution in [0.3, 0.4) is 0 Å². The molecule has 14 heavy (non-hydrogen) atoms. The fraction of sp³-hybridized carbons (Fsp3) is 0.182. The van der Waals surface area contributed by atoms with Crippen LogP contribution in [0, 0.1) is 0 Å². The van der Waals surface area contributed by atoms with Crippen molar-refractivity contribution in [3.63, 3.8) is 0 Å². The number of carbonyl (C=O) groups excluding carboxylic acids is 1. The van der Waals surface area contributed by atoms with Gasteiger partial charge in [-0.05, 0) is 17.7 Å². The van der Waals surface area contributed by atoms with Crippen molar-refractivity contribution in [1.82, 2.24) is 4.90 Å². The number of hydrogen-bond acceptors (Lipinski definition) is 2. The molecule has 1 aromatic rings. The van der Waals surface area contributed by atoms with Gasteiger partial charge in [0.1, 0.15) is 6.29 Å². The molecule has 0 aliphatic heterocycles. The fourth-order valence-electron chi connectivity index (χ4n) is 1.19. The first-order chi connectivity index (χ1) is 6.65. The quantitative estimate of drug-likeness (QED) is 0.563. The molecule has 0 spiro atoms. The van der Waals surface area contributed by atoms with E-state index in [9.17, 15) is 4.79 Å². The number of benzene rings is 1. The highest BCUT2D eigenvalue weighted by molar-refractivity contribution is 6.30. The van der Waals surface area contributed by atoms with Crippen molar-refractivity contribution in [2.24, 2.45) is 0 Å². The van der Waals surface area contributed by atoms with Crippen LogP contribution in [0.4, 0.5) is 0 Å². The van der Waals surface area contributed by atoms with Gasteiger partial charge in [-0.25, -0.2) is 0 Å². The first kappa shape index (κ1) is 10.8. The maximum atomic E-state index is 10.4. The third-order valence-electron chi connectivity index (χ3n) is 1.85. The lowest BCUT2D eigenvalue weighted by Crippen LogP contribution is -2.10. The summed E-state index contributed by atoms with van der Waals surface area (Å²) < 4.78 is 0. The molecule has 2 nitrogen and oxygen atoms in total. The molecule has 3 heteroatoms. The van der Waals surface area contributed by atoms with E-state index in [4.69, 9.17) is 11.6 Å². The summed E-state index contributed by atoms with van der Waals surface area (Å²) in [5.41, 5.74) is 1.85. The molecule has 0 aliphatic carbocycles. The summed E-state index contributed by atoms with van der Waals surface area (Å²) in [6.07, 6.45) is 2.31. The molecule has 0 radical (unpaired) electrons. The van der Waals surface area contributed by atoms with Gasteiger partial charge in [-0.3, -0.25) is 4.79 Å². The van der Waals surface area contributed by atoms with E-state index in [-0.39, 0.29) is 0 Å². The summed E-state index contributed by atoms with van der Waals surface area (Å²) in [5, 5.41) is 0.693. The summed E-state index contributed by atoms with van der Waals surface area (Å²) in [4.78, 5) is 12.3. The molecule has 1 aromatic carbocycles. The summed E-state index contributed by atoms with van der Waals surface area (Å²) >= 11 is 5.77. The summed E-state index contributed by atoms with van der Waals surface area (Å²) in [7, 11) is 3.79. The van der Waals surface area contributed by atoms with Crippen molar-refractivity contribution in [2.45, 2.75) is 0 Å². The molecule has 0 aliphatic rings. The zero-order valence-electron chi connectivity index (χ0n) is 8.20. The van der Waals surface area contributed by atoms with E-state index >= 15 is 0 Å². The average molecular weight is 210 g/mol. The number of rotatable bonds is 3. The van der Waals surface area contributed by atoms with Crippen LogP contribution in [0.2, 0.25) is 5.02 Å². The van der Waals surface area contributed by atoms with Gasteiger partial charge >= 0.3 is 0 Å². The lowest BCUT2D eigenvalue weighted by Gasteiger charge is -2.16. The van der Waals surface area contributed by atoms with Crippen LogP contribution < -0.4 is 0 Å². The molecular weight excluding hydrogens is 198 g/mol. The third kappa shape index (κ3) is 2.60. The second-order valence-corrected chi connectivity index (χ2v) is 3.53. The monoisotopic (exact) mass is 209 g/mol. The SMILES string of the molecule is CN(C)/C(=C\C=O)c1ccc(Cl)cc1. The van der Waals surface area contributed by atoms with Crippen LogP contribution in [0.15, 0.2) is 30.3 Å². The minimum absolute atomic E-state index is 0.693. The van der Waals surface area contributed by atoms with Gasteiger partial charge in [0.2, 0.25) is 0 Å². The molecule has 74 valence electrons. The normalized spacial score (nSPS) is 11.2. The van der Waals surface area contributed by atoms with Gasteiger partial charge in [0.25, 0.3) is 0 Å². The van der Waals surface area contributed by atoms with Gasteiger partial charge in [-0.1, -0.05) is 23.7 Å². The van der Waals surface area contributed by atoms with E-state index in [1.54, 1.807) is 12.1 Å². The molecule has 0 N–H and O–H groups in total. The van der Waals surface area contributed by atoms with E-state index in [0.717, 1.165) is 17.5 Å². The predicted octanol–water partition coefficient (Wildman–Crippen LogP) is 2.44. The Morgan fingerprint density at radius 3 is 2.29 bits per heavy atom. The highest BCUT2D eigenvalue weighted by atomic mass is 35.5. The van der Waals surface area contributed by atoms with Crippen molar-refractivity contribution in [3.05, 3.63) is 40.9 Å². The van der Waals surface area contributed by atoms with Crippen molar-refractivity contribution >= 4 is 23.6 Å².